The Morgan fingerprint density at radius 1 is 1.25 bits per heavy atom. The molecule has 3 aromatic heterocycles. The maximum atomic E-state index is 13.1. The molecule has 0 unspecified atom stereocenters. The average molecular weight is 527 g/mol. The van der Waals surface area contributed by atoms with Crippen molar-refractivity contribution in [3.8, 4) is 5.88 Å². The van der Waals surface area contributed by atoms with Gasteiger partial charge in [-0.25, -0.2) is 9.97 Å². The highest BCUT2D eigenvalue weighted by atomic mass is 35.5. The lowest BCUT2D eigenvalue weighted by Crippen LogP contribution is -2.46. The highest BCUT2D eigenvalue weighted by Crippen LogP contribution is 2.30. The van der Waals surface area contributed by atoms with Gasteiger partial charge >= 0.3 is 0 Å². The van der Waals surface area contributed by atoms with Gasteiger partial charge in [-0.1, -0.05) is 11.6 Å². The van der Waals surface area contributed by atoms with Crippen LogP contribution in [0.4, 0.5) is 5.82 Å². The number of rotatable bonds is 6. The number of piperidine rings is 1. The molecular formula is C25H27ClN6O3S. The van der Waals surface area contributed by atoms with Crippen LogP contribution in [0.3, 0.4) is 0 Å². The summed E-state index contributed by atoms with van der Waals surface area (Å²) < 4.78 is 5.28. The Kier molecular flexibility index (Phi) is 7.27. The summed E-state index contributed by atoms with van der Waals surface area (Å²) in [7, 11) is 3.43. The van der Waals surface area contributed by atoms with E-state index >= 15 is 0 Å². The first kappa shape index (κ1) is 24.7. The van der Waals surface area contributed by atoms with Crippen molar-refractivity contribution in [3.63, 3.8) is 0 Å². The number of likely N-dealkylation sites (tertiary alicyclic amines) is 1. The molecule has 0 spiro atoms. The standard InChI is InChI=1S/C25H27ClN6O3S/c1-31(25(34)19-3-5-20-24(28-19)29-21(33)14-36-20)15-7-10-32(11-8-15)12-9-16-17(26)13-27-18-4-6-22(35-2)30-23(16)18/h3-6,13,15H,7-12,14H2,1-2H3,(H,28,29,33). The lowest BCUT2D eigenvalue weighted by atomic mass is 10.0. The van der Waals surface area contributed by atoms with Crippen molar-refractivity contribution in [2.24, 2.45) is 0 Å². The van der Waals surface area contributed by atoms with E-state index in [9.17, 15) is 9.59 Å². The van der Waals surface area contributed by atoms with Gasteiger partial charge in [-0.15, -0.1) is 11.8 Å². The van der Waals surface area contributed by atoms with Crippen LogP contribution in [0, 0.1) is 0 Å². The Balaban J connectivity index is 1.19. The van der Waals surface area contributed by atoms with Crippen molar-refractivity contribution in [1.29, 1.82) is 0 Å². The van der Waals surface area contributed by atoms with Crippen LogP contribution in [0.25, 0.3) is 11.0 Å². The Hall–Kier alpha value is -2.95. The number of methoxy groups -OCH3 is 1. The van der Waals surface area contributed by atoms with Gasteiger partial charge in [0, 0.05) is 50.6 Å². The molecule has 1 saturated heterocycles. The molecule has 188 valence electrons. The molecule has 1 fully saturated rings. The van der Waals surface area contributed by atoms with Gasteiger partial charge in [0.05, 0.1) is 33.8 Å². The number of halogens is 1. The van der Waals surface area contributed by atoms with Crippen LogP contribution in [0.2, 0.25) is 5.02 Å². The number of carbonyl (C=O) groups excluding carboxylic acids is 2. The van der Waals surface area contributed by atoms with Gasteiger partial charge in [0.2, 0.25) is 11.8 Å². The van der Waals surface area contributed by atoms with E-state index in [0.717, 1.165) is 60.4 Å². The van der Waals surface area contributed by atoms with Crippen molar-refractivity contribution in [3.05, 3.63) is 46.7 Å². The van der Waals surface area contributed by atoms with Crippen LogP contribution in [0.1, 0.15) is 28.9 Å². The van der Waals surface area contributed by atoms with Crippen molar-refractivity contribution >= 4 is 52.0 Å². The predicted molar refractivity (Wildman–Crippen MR) is 140 cm³/mol. The van der Waals surface area contributed by atoms with Crippen molar-refractivity contribution in [2.45, 2.75) is 30.2 Å². The molecule has 0 saturated carbocycles. The second-order valence-electron chi connectivity index (χ2n) is 8.92. The van der Waals surface area contributed by atoms with E-state index in [1.54, 1.807) is 30.3 Å². The molecular weight excluding hydrogens is 500 g/mol. The molecule has 2 amide bonds. The maximum Gasteiger partial charge on any atom is 0.272 e. The molecule has 0 radical (unpaired) electrons. The van der Waals surface area contributed by atoms with Crippen molar-refractivity contribution in [1.82, 2.24) is 24.8 Å². The van der Waals surface area contributed by atoms with Crippen LogP contribution in [-0.2, 0) is 11.2 Å². The molecule has 0 bridgehead atoms. The van der Waals surface area contributed by atoms with E-state index in [1.165, 1.54) is 11.8 Å². The van der Waals surface area contributed by atoms with Gasteiger partial charge in [0.15, 0.2) is 0 Å². The number of hydrogen-bond donors (Lipinski definition) is 1. The lowest BCUT2D eigenvalue weighted by molar-refractivity contribution is -0.113. The first-order chi connectivity index (χ1) is 17.4. The van der Waals surface area contributed by atoms with Gasteiger partial charge in [-0.2, -0.15) is 0 Å². The molecule has 2 aliphatic heterocycles. The third kappa shape index (κ3) is 5.11. The second kappa shape index (κ2) is 10.6. The van der Waals surface area contributed by atoms with Gasteiger partial charge in [-0.3, -0.25) is 14.6 Å². The normalized spacial score (nSPS) is 16.5. The van der Waals surface area contributed by atoms with E-state index in [2.05, 4.69) is 25.2 Å². The zero-order valence-corrected chi connectivity index (χ0v) is 21.7. The molecule has 0 aliphatic carbocycles. The van der Waals surface area contributed by atoms with Gasteiger partial charge in [0.1, 0.15) is 11.5 Å². The predicted octanol–water partition coefficient (Wildman–Crippen LogP) is 3.51. The molecule has 5 rings (SSSR count). The number of nitrogens with zero attached hydrogens (tertiary/aromatic N) is 5. The van der Waals surface area contributed by atoms with Crippen LogP contribution in [0.5, 0.6) is 5.88 Å². The number of nitrogens with one attached hydrogen (secondary N) is 1. The summed E-state index contributed by atoms with van der Waals surface area (Å²) >= 11 is 7.92. The Morgan fingerprint density at radius 3 is 2.83 bits per heavy atom. The minimum atomic E-state index is -0.129. The maximum absolute atomic E-state index is 13.1. The largest absolute Gasteiger partial charge is 0.481 e. The molecule has 0 atom stereocenters. The Morgan fingerprint density at radius 2 is 2.06 bits per heavy atom. The molecule has 1 N–H and O–H groups in total. The summed E-state index contributed by atoms with van der Waals surface area (Å²) in [6, 6.07) is 7.41. The van der Waals surface area contributed by atoms with Crippen LogP contribution in [-0.4, -0.2) is 82.2 Å². The number of pyridine rings is 3. The fraction of sp³-hybridized carbons (Fsp3) is 0.400. The quantitative estimate of drug-likeness (QED) is 0.521. The molecule has 36 heavy (non-hydrogen) atoms. The summed E-state index contributed by atoms with van der Waals surface area (Å²) in [5.41, 5.74) is 2.89. The zero-order chi connectivity index (χ0) is 25.2. The van der Waals surface area contributed by atoms with E-state index in [4.69, 9.17) is 16.3 Å². The highest BCUT2D eigenvalue weighted by Gasteiger charge is 2.28. The molecule has 9 nitrogen and oxygen atoms in total. The number of amides is 2. The lowest BCUT2D eigenvalue weighted by Gasteiger charge is -2.36. The fourth-order valence-corrected chi connectivity index (χ4v) is 5.65. The van der Waals surface area contributed by atoms with E-state index in [0.29, 0.717) is 28.2 Å². The number of aromatic nitrogens is 3. The monoisotopic (exact) mass is 526 g/mol. The molecule has 11 heteroatoms. The zero-order valence-electron chi connectivity index (χ0n) is 20.2. The summed E-state index contributed by atoms with van der Waals surface area (Å²) in [5.74, 6) is 1.16. The van der Waals surface area contributed by atoms with Crippen LogP contribution >= 0.6 is 23.4 Å². The van der Waals surface area contributed by atoms with Crippen molar-refractivity contribution in [2.75, 3.05) is 44.9 Å². The van der Waals surface area contributed by atoms with E-state index in [-0.39, 0.29) is 17.9 Å². The minimum Gasteiger partial charge on any atom is -0.481 e. The minimum absolute atomic E-state index is 0.0960. The number of anilines is 1. The summed E-state index contributed by atoms with van der Waals surface area (Å²) in [4.78, 5) is 43.2. The van der Waals surface area contributed by atoms with Gasteiger partial charge in [-0.05, 0) is 37.5 Å². The Bertz CT molecular complexity index is 1310. The highest BCUT2D eigenvalue weighted by molar-refractivity contribution is 8.00. The smallest absolute Gasteiger partial charge is 0.272 e. The summed E-state index contributed by atoms with van der Waals surface area (Å²) in [5, 5.41) is 3.36. The molecule has 2 aliphatic rings. The number of fused-ring (bicyclic) bond motifs is 2. The number of carbonyl (C=O) groups is 2. The Labute approximate surface area is 218 Å². The molecule has 3 aromatic rings. The first-order valence-electron chi connectivity index (χ1n) is 11.8. The summed E-state index contributed by atoms with van der Waals surface area (Å²) in [6.45, 7) is 2.60. The van der Waals surface area contributed by atoms with E-state index < -0.39 is 0 Å². The third-order valence-corrected chi connectivity index (χ3v) is 8.12. The van der Waals surface area contributed by atoms with Crippen molar-refractivity contribution < 1.29 is 14.3 Å². The number of ether oxygens (including phenoxy) is 1. The first-order valence-corrected chi connectivity index (χ1v) is 13.2. The number of thioether (sulfide) groups is 1. The third-order valence-electron chi connectivity index (χ3n) is 6.75. The molecule has 0 aromatic carbocycles. The SMILES string of the molecule is COc1ccc2ncc(Cl)c(CCN3CCC(N(C)C(=O)c4ccc5c(n4)NC(=O)CS5)CC3)c2n1. The number of hydrogen-bond acceptors (Lipinski definition) is 8. The topological polar surface area (TPSA) is 101 Å². The van der Waals surface area contributed by atoms with Crippen LogP contribution in [0.15, 0.2) is 35.4 Å². The van der Waals surface area contributed by atoms with Gasteiger partial charge in [0.25, 0.3) is 5.91 Å². The van der Waals surface area contributed by atoms with Crippen LogP contribution < -0.4 is 10.1 Å². The van der Waals surface area contributed by atoms with Gasteiger partial charge < -0.3 is 19.9 Å². The second-order valence-corrected chi connectivity index (χ2v) is 10.3. The molecule has 5 heterocycles. The summed E-state index contributed by atoms with van der Waals surface area (Å²) in [6.07, 6.45) is 4.17. The average Bonchev–Trinajstić information content (AvgIpc) is 2.91. The van der Waals surface area contributed by atoms with E-state index in [1.807, 2.05) is 19.2 Å². The fourth-order valence-electron chi connectivity index (χ4n) is 4.66.